The number of carbonyl (C=O) groups is 2. The van der Waals surface area contributed by atoms with Crippen molar-refractivity contribution in [3.63, 3.8) is 0 Å². The quantitative estimate of drug-likeness (QED) is 0.102. The number of hydrogen-bond acceptors (Lipinski definition) is 5. The smallest absolute Gasteiger partial charge is 0.257 e. The van der Waals surface area contributed by atoms with E-state index in [9.17, 15) is 9.59 Å². The van der Waals surface area contributed by atoms with Crippen LogP contribution >= 0.6 is 11.6 Å². The summed E-state index contributed by atoms with van der Waals surface area (Å²) in [5.74, 6) is 0.300. The Morgan fingerprint density at radius 3 is 2.44 bits per heavy atom. The van der Waals surface area contributed by atoms with Gasteiger partial charge >= 0.3 is 0 Å². The molecule has 0 unspecified atom stereocenters. The Hall–Kier alpha value is -4.16. The lowest BCUT2D eigenvalue weighted by Gasteiger charge is -2.10. The molecule has 0 spiro atoms. The molecule has 0 saturated heterocycles. The molecule has 0 radical (unpaired) electrons. The van der Waals surface area contributed by atoms with E-state index >= 15 is 0 Å². The summed E-state index contributed by atoms with van der Waals surface area (Å²) in [6.07, 6.45) is 9.17. The van der Waals surface area contributed by atoms with Gasteiger partial charge in [-0.25, -0.2) is 0 Å². The van der Waals surface area contributed by atoms with E-state index in [0.717, 1.165) is 54.4 Å². The zero-order chi connectivity index (χ0) is 27.3. The number of unbranched alkanes of at least 4 members (excludes halogenated alkanes) is 3. The van der Waals surface area contributed by atoms with Gasteiger partial charge in [0.2, 0.25) is 0 Å². The van der Waals surface area contributed by atoms with E-state index in [1.54, 1.807) is 42.6 Å². The molecule has 0 bridgehead atoms. The number of ether oxygens (including phenoxy) is 1. The van der Waals surface area contributed by atoms with Gasteiger partial charge < -0.3 is 15.4 Å². The van der Waals surface area contributed by atoms with Gasteiger partial charge in [-0.3, -0.25) is 14.6 Å². The van der Waals surface area contributed by atoms with Gasteiger partial charge in [0.15, 0.2) is 12.4 Å². The molecule has 1 heterocycles. The lowest BCUT2D eigenvalue weighted by Crippen LogP contribution is -2.29. The van der Waals surface area contributed by atoms with Crippen LogP contribution in [0.25, 0.3) is 17.0 Å². The summed E-state index contributed by atoms with van der Waals surface area (Å²) in [6, 6.07) is 24.2. The van der Waals surface area contributed by atoms with Crippen LogP contribution in [0.15, 0.2) is 91.1 Å². The van der Waals surface area contributed by atoms with E-state index in [1.165, 1.54) is 0 Å². The number of anilines is 1. The molecule has 6 nitrogen and oxygen atoms in total. The molecule has 1 amide bonds. The fraction of sp³-hybridized carbons (Fsp3) is 0.219. The standard InChI is InChI=1S/C32H32ClN3O3/c33-26-13-16-28-29(18-21-35-30(28)22-26)34-19-6-1-2-7-20-36-32(38)23-39-27-14-11-25(12-15-27)31(37)17-10-24-8-4-3-5-9-24/h3-5,8-18,21-22H,1-2,6-7,19-20,23H2,(H,34,35)(H,36,38)/b17-10+. The maximum atomic E-state index is 12.3. The maximum absolute atomic E-state index is 12.3. The molecular formula is C32H32ClN3O3. The zero-order valence-corrected chi connectivity index (χ0v) is 22.5. The molecule has 3 aromatic carbocycles. The first kappa shape index (κ1) is 27.9. The number of halogens is 1. The number of allylic oxidation sites excluding steroid dienone is 1. The molecule has 7 heteroatoms. The van der Waals surface area contributed by atoms with E-state index in [-0.39, 0.29) is 18.3 Å². The third-order valence-electron chi connectivity index (χ3n) is 6.18. The Morgan fingerprint density at radius 2 is 1.64 bits per heavy atom. The molecule has 0 aliphatic carbocycles. The second kappa shape index (κ2) is 14.7. The summed E-state index contributed by atoms with van der Waals surface area (Å²) >= 11 is 6.06. The molecule has 1 aromatic heterocycles. The van der Waals surface area contributed by atoms with Crippen molar-refractivity contribution in [2.45, 2.75) is 25.7 Å². The molecule has 4 aromatic rings. The zero-order valence-electron chi connectivity index (χ0n) is 21.7. The molecule has 0 fully saturated rings. The van der Waals surface area contributed by atoms with Crippen LogP contribution in [0.2, 0.25) is 5.02 Å². The third-order valence-corrected chi connectivity index (χ3v) is 6.42. The number of pyridine rings is 1. The van der Waals surface area contributed by atoms with E-state index < -0.39 is 0 Å². The normalized spacial score (nSPS) is 11.0. The van der Waals surface area contributed by atoms with Crippen molar-refractivity contribution in [1.29, 1.82) is 0 Å². The van der Waals surface area contributed by atoms with Crippen LogP contribution in [0, 0.1) is 0 Å². The highest BCUT2D eigenvalue weighted by Crippen LogP contribution is 2.24. The monoisotopic (exact) mass is 541 g/mol. The van der Waals surface area contributed by atoms with Gasteiger partial charge in [-0.1, -0.05) is 60.9 Å². The molecular weight excluding hydrogens is 510 g/mol. The first-order chi connectivity index (χ1) is 19.1. The summed E-state index contributed by atoms with van der Waals surface area (Å²) < 4.78 is 5.56. The minimum absolute atomic E-state index is 0.0593. The number of rotatable bonds is 14. The number of aromatic nitrogens is 1. The number of fused-ring (bicyclic) bond motifs is 1. The van der Waals surface area contributed by atoms with Crippen LogP contribution in [0.1, 0.15) is 41.6 Å². The average molecular weight is 542 g/mol. The molecule has 200 valence electrons. The lowest BCUT2D eigenvalue weighted by molar-refractivity contribution is -0.123. The summed E-state index contributed by atoms with van der Waals surface area (Å²) in [6.45, 7) is 1.43. The second-order valence-corrected chi connectivity index (χ2v) is 9.57. The Labute approximate surface area is 234 Å². The van der Waals surface area contributed by atoms with Crippen LogP contribution in [0.4, 0.5) is 5.69 Å². The van der Waals surface area contributed by atoms with Crippen molar-refractivity contribution in [3.8, 4) is 5.75 Å². The summed E-state index contributed by atoms with van der Waals surface area (Å²) in [5, 5.41) is 8.12. The Balaban J connectivity index is 1.06. The van der Waals surface area contributed by atoms with Crippen molar-refractivity contribution in [3.05, 3.63) is 107 Å². The predicted molar refractivity (Wildman–Crippen MR) is 158 cm³/mol. The Morgan fingerprint density at radius 1 is 0.872 bits per heavy atom. The van der Waals surface area contributed by atoms with Gasteiger partial charge in [0, 0.05) is 40.9 Å². The molecule has 0 saturated carbocycles. The lowest BCUT2D eigenvalue weighted by atomic mass is 10.1. The molecule has 0 aliphatic rings. The highest BCUT2D eigenvalue weighted by atomic mass is 35.5. The van der Waals surface area contributed by atoms with Crippen molar-refractivity contribution in [2.24, 2.45) is 0 Å². The third kappa shape index (κ3) is 8.97. The number of nitrogens with one attached hydrogen (secondary N) is 2. The number of benzene rings is 3. The van der Waals surface area contributed by atoms with Gasteiger partial charge in [-0.05, 0) is 73.0 Å². The van der Waals surface area contributed by atoms with Crippen LogP contribution in [0.5, 0.6) is 5.75 Å². The van der Waals surface area contributed by atoms with Gasteiger partial charge in [-0.15, -0.1) is 0 Å². The molecule has 2 N–H and O–H groups in total. The van der Waals surface area contributed by atoms with Crippen LogP contribution in [0.3, 0.4) is 0 Å². The fourth-order valence-electron chi connectivity index (χ4n) is 4.08. The SMILES string of the molecule is O=C(COc1ccc(C(=O)/C=C/c2ccccc2)cc1)NCCCCCCNc1ccnc2cc(Cl)ccc12. The second-order valence-electron chi connectivity index (χ2n) is 9.13. The van der Waals surface area contributed by atoms with Crippen molar-refractivity contribution >= 4 is 46.0 Å². The molecule has 0 atom stereocenters. The molecule has 39 heavy (non-hydrogen) atoms. The summed E-state index contributed by atoms with van der Waals surface area (Å²) in [7, 11) is 0. The fourth-order valence-corrected chi connectivity index (χ4v) is 4.24. The van der Waals surface area contributed by atoms with Gasteiger partial charge in [-0.2, -0.15) is 0 Å². The van der Waals surface area contributed by atoms with Crippen LogP contribution in [-0.2, 0) is 4.79 Å². The molecule has 4 rings (SSSR count). The van der Waals surface area contributed by atoms with E-state index in [4.69, 9.17) is 16.3 Å². The highest BCUT2D eigenvalue weighted by molar-refractivity contribution is 6.31. The number of amides is 1. The van der Waals surface area contributed by atoms with Crippen LogP contribution < -0.4 is 15.4 Å². The summed E-state index contributed by atoms with van der Waals surface area (Å²) in [4.78, 5) is 28.8. The van der Waals surface area contributed by atoms with Crippen molar-refractivity contribution in [2.75, 3.05) is 25.0 Å². The van der Waals surface area contributed by atoms with Gasteiger partial charge in [0.1, 0.15) is 5.75 Å². The first-order valence-corrected chi connectivity index (χ1v) is 13.5. The minimum atomic E-state index is -0.160. The molecule has 0 aliphatic heterocycles. The largest absolute Gasteiger partial charge is 0.484 e. The Bertz CT molecular complexity index is 1410. The van der Waals surface area contributed by atoms with E-state index in [1.807, 2.05) is 54.6 Å². The maximum Gasteiger partial charge on any atom is 0.257 e. The van der Waals surface area contributed by atoms with Gasteiger partial charge in [0.25, 0.3) is 5.91 Å². The average Bonchev–Trinajstić information content (AvgIpc) is 2.96. The van der Waals surface area contributed by atoms with E-state index in [0.29, 0.717) is 22.9 Å². The number of nitrogens with zero attached hydrogens (tertiary/aromatic N) is 1. The Kier molecular flexibility index (Phi) is 10.5. The van der Waals surface area contributed by atoms with E-state index in [2.05, 4.69) is 15.6 Å². The number of ketones is 1. The summed E-state index contributed by atoms with van der Waals surface area (Å²) in [5.41, 5.74) is 3.47. The topological polar surface area (TPSA) is 80.3 Å². The first-order valence-electron chi connectivity index (χ1n) is 13.1. The van der Waals surface area contributed by atoms with Crippen molar-refractivity contribution in [1.82, 2.24) is 10.3 Å². The van der Waals surface area contributed by atoms with Crippen LogP contribution in [-0.4, -0.2) is 36.4 Å². The highest BCUT2D eigenvalue weighted by Gasteiger charge is 2.06. The number of carbonyl (C=O) groups excluding carboxylic acids is 2. The predicted octanol–water partition coefficient (Wildman–Crippen LogP) is 6.95. The number of hydrogen-bond donors (Lipinski definition) is 2. The van der Waals surface area contributed by atoms with Gasteiger partial charge in [0.05, 0.1) is 5.52 Å². The minimum Gasteiger partial charge on any atom is -0.484 e. The van der Waals surface area contributed by atoms with Crippen molar-refractivity contribution < 1.29 is 14.3 Å².